The van der Waals surface area contributed by atoms with Gasteiger partial charge in [-0.05, 0) is 62.7 Å². The Morgan fingerprint density at radius 3 is 2.52 bits per heavy atom. The molecule has 6 atom stereocenters. The van der Waals surface area contributed by atoms with Crippen molar-refractivity contribution in [3.63, 3.8) is 0 Å². The van der Waals surface area contributed by atoms with Crippen LogP contribution in [0.1, 0.15) is 84.0 Å². The summed E-state index contributed by atoms with van der Waals surface area (Å²) in [6.45, 7) is 2.31. The summed E-state index contributed by atoms with van der Waals surface area (Å²) in [6, 6.07) is 0.740. The largest absolute Gasteiger partial charge is 0.353 e. The Labute approximate surface area is 163 Å². The highest BCUT2D eigenvalue weighted by Crippen LogP contribution is 2.37. The van der Waals surface area contributed by atoms with Gasteiger partial charge in [0.05, 0.1) is 6.04 Å². The number of amides is 2. The summed E-state index contributed by atoms with van der Waals surface area (Å²) in [6.07, 6.45) is 13.6. The quantitative estimate of drug-likeness (QED) is 0.710. The molecule has 3 N–H and O–H groups in total. The molecule has 27 heavy (non-hydrogen) atoms. The Bertz CT molecular complexity index is 546. The second kappa shape index (κ2) is 8.50. The lowest BCUT2D eigenvalue weighted by Gasteiger charge is -2.31. The van der Waals surface area contributed by atoms with Crippen LogP contribution in [0.4, 0.5) is 0 Å². The SMILES string of the molecule is CC1CCCC2CC(C(=O)NC3CCC(C4CCCCC4)NC(=O)C3)NC12. The highest BCUT2D eigenvalue weighted by molar-refractivity contribution is 5.84. The molecule has 4 fully saturated rings. The van der Waals surface area contributed by atoms with Crippen molar-refractivity contribution in [1.82, 2.24) is 16.0 Å². The zero-order valence-electron chi connectivity index (χ0n) is 16.8. The van der Waals surface area contributed by atoms with E-state index in [9.17, 15) is 9.59 Å². The fourth-order valence-corrected chi connectivity index (χ4v) is 6.24. The minimum absolute atomic E-state index is 0.00654. The van der Waals surface area contributed by atoms with Crippen molar-refractivity contribution in [3.05, 3.63) is 0 Å². The van der Waals surface area contributed by atoms with Crippen molar-refractivity contribution < 1.29 is 9.59 Å². The maximum Gasteiger partial charge on any atom is 0.237 e. The maximum atomic E-state index is 12.9. The van der Waals surface area contributed by atoms with Gasteiger partial charge >= 0.3 is 0 Å². The zero-order chi connectivity index (χ0) is 18.8. The van der Waals surface area contributed by atoms with Crippen molar-refractivity contribution >= 4 is 11.8 Å². The third-order valence-electron chi connectivity index (χ3n) is 7.77. The van der Waals surface area contributed by atoms with Gasteiger partial charge in [0.2, 0.25) is 11.8 Å². The summed E-state index contributed by atoms with van der Waals surface area (Å²) in [7, 11) is 0. The van der Waals surface area contributed by atoms with E-state index in [1.807, 2.05) is 0 Å². The summed E-state index contributed by atoms with van der Waals surface area (Å²) < 4.78 is 0. The molecule has 2 heterocycles. The van der Waals surface area contributed by atoms with Crippen molar-refractivity contribution in [2.24, 2.45) is 17.8 Å². The zero-order valence-corrected chi connectivity index (χ0v) is 16.8. The Balaban J connectivity index is 1.30. The first-order valence-electron chi connectivity index (χ1n) is 11.5. The van der Waals surface area contributed by atoms with E-state index in [1.54, 1.807) is 0 Å². The molecule has 0 spiro atoms. The summed E-state index contributed by atoms with van der Waals surface area (Å²) >= 11 is 0. The number of carbonyl (C=O) groups excluding carboxylic acids is 2. The van der Waals surface area contributed by atoms with Gasteiger partial charge in [-0.3, -0.25) is 9.59 Å². The molecule has 2 saturated heterocycles. The average molecular weight is 376 g/mol. The highest BCUT2D eigenvalue weighted by atomic mass is 16.2. The van der Waals surface area contributed by atoms with Crippen LogP contribution in [0.3, 0.4) is 0 Å². The molecule has 152 valence electrons. The normalized spacial score (nSPS) is 40.7. The van der Waals surface area contributed by atoms with Gasteiger partial charge in [-0.25, -0.2) is 0 Å². The smallest absolute Gasteiger partial charge is 0.237 e. The molecule has 0 aromatic rings. The van der Waals surface area contributed by atoms with Crippen molar-refractivity contribution in [1.29, 1.82) is 0 Å². The van der Waals surface area contributed by atoms with Crippen LogP contribution < -0.4 is 16.0 Å². The molecule has 6 unspecified atom stereocenters. The van der Waals surface area contributed by atoms with Crippen LogP contribution in [0, 0.1) is 17.8 Å². The Kier molecular flexibility index (Phi) is 6.05. The third-order valence-corrected chi connectivity index (χ3v) is 7.77. The topological polar surface area (TPSA) is 70.2 Å². The van der Waals surface area contributed by atoms with E-state index >= 15 is 0 Å². The molecule has 4 rings (SSSR count). The molecule has 2 saturated carbocycles. The van der Waals surface area contributed by atoms with Crippen LogP contribution >= 0.6 is 0 Å². The number of rotatable bonds is 3. The fraction of sp³-hybridized carbons (Fsp3) is 0.909. The number of hydrogen-bond acceptors (Lipinski definition) is 3. The average Bonchev–Trinajstić information content (AvgIpc) is 3.03. The number of carbonyl (C=O) groups is 2. The van der Waals surface area contributed by atoms with Crippen LogP contribution in [-0.2, 0) is 9.59 Å². The summed E-state index contributed by atoms with van der Waals surface area (Å²) in [5.41, 5.74) is 0. The van der Waals surface area contributed by atoms with E-state index in [0.717, 1.165) is 19.3 Å². The molecule has 0 radical (unpaired) electrons. The molecule has 2 aliphatic heterocycles. The van der Waals surface area contributed by atoms with Gasteiger partial charge in [0.15, 0.2) is 0 Å². The first-order chi connectivity index (χ1) is 13.1. The fourth-order valence-electron chi connectivity index (χ4n) is 6.24. The first kappa shape index (κ1) is 19.2. The van der Waals surface area contributed by atoms with Crippen molar-refractivity contribution in [2.75, 3.05) is 0 Å². The predicted molar refractivity (Wildman–Crippen MR) is 106 cm³/mol. The van der Waals surface area contributed by atoms with Crippen LogP contribution in [0.25, 0.3) is 0 Å². The standard InChI is InChI=1S/C22H37N3O2/c1-14-6-5-9-16-12-19(25-21(14)16)22(27)23-17-10-11-18(24-20(26)13-17)15-7-3-2-4-8-15/h14-19,21,25H,2-13H2,1H3,(H,23,27)(H,24,26). The van der Waals surface area contributed by atoms with E-state index in [-0.39, 0.29) is 23.9 Å². The third kappa shape index (κ3) is 4.49. The van der Waals surface area contributed by atoms with Gasteiger partial charge in [-0.2, -0.15) is 0 Å². The van der Waals surface area contributed by atoms with Crippen LogP contribution in [0.2, 0.25) is 0 Å². The van der Waals surface area contributed by atoms with Gasteiger partial charge in [-0.1, -0.05) is 32.6 Å². The van der Waals surface area contributed by atoms with E-state index in [0.29, 0.717) is 36.3 Å². The van der Waals surface area contributed by atoms with Crippen molar-refractivity contribution in [2.45, 2.75) is 108 Å². The van der Waals surface area contributed by atoms with Gasteiger partial charge in [0.25, 0.3) is 0 Å². The number of fused-ring (bicyclic) bond motifs is 1. The molecule has 2 amide bonds. The first-order valence-corrected chi connectivity index (χ1v) is 11.5. The molecule has 2 aliphatic carbocycles. The Morgan fingerprint density at radius 2 is 1.74 bits per heavy atom. The molecule has 0 aromatic heterocycles. The van der Waals surface area contributed by atoms with Crippen molar-refractivity contribution in [3.8, 4) is 0 Å². The number of hydrogen-bond donors (Lipinski definition) is 3. The van der Waals surface area contributed by atoms with E-state index in [1.165, 1.54) is 51.4 Å². The number of nitrogens with one attached hydrogen (secondary N) is 3. The van der Waals surface area contributed by atoms with Gasteiger partial charge in [0.1, 0.15) is 0 Å². The molecule has 5 nitrogen and oxygen atoms in total. The molecule has 5 heteroatoms. The Hall–Kier alpha value is -1.10. The Morgan fingerprint density at radius 1 is 0.963 bits per heavy atom. The monoisotopic (exact) mass is 375 g/mol. The lowest BCUT2D eigenvalue weighted by Crippen LogP contribution is -2.48. The maximum absolute atomic E-state index is 12.9. The molecular weight excluding hydrogens is 338 g/mol. The molecular formula is C22H37N3O2. The van der Waals surface area contributed by atoms with Gasteiger partial charge in [0, 0.05) is 24.5 Å². The highest BCUT2D eigenvalue weighted by Gasteiger charge is 2.42. The lowest BCUT2D eigenvalue weighted by atomic mass is 9.78. The van der Waals surface area contributed by atoms with Gasteiger partial charge < -0.3 is 16.0 Å². The minimum Gasteiger partial charge on any atom is -0.353 e. The van der Waals surface area contributed by atoms with Gasteiger partial charge in [-0.15, -0.1) is 0 Å². The second-order valence-electron chi connectivity index (χ2n) is 9.71. The van der Waals surface area contributed by atoms with E-state index in [2.05, 4.69) is 22.9 Å². The van der Waals surface area contributed by atoms with E-state index < -0.39 is 0 Å². The van der Waals surface area contributed by atoms with Crippen LogP contribution in [-0.4, -0.2) is 36.0 Å². The molecule has 4 aliphatic rings. The van der Waals surface area contributed by atoms with Crippen LogP contribution in [0.15, 0.2) is 0 Å². The minimum atomic E-state index is -0.0685. The molecule has 0 bridgehead atoms. The lowest BCUT2D eigenvalue weighted by molar-refractivity contribution is -0.124. The molecule has 0 aromatic carbocycles. The van der Waals surface area contributed by atoms with E-state index in [4.69, 9.17) is 0 Å². The summed E-state index contributed by atoms with van der Waals surface area (Å²) in [4.78, 5) is 25.3. The van der Waals surface area contributed by atoms with Crippen LogP contribution in [0.5, 0.6) is 0 Å². The summed E-state index contributed by atoms with van der Waals surface area (Å²) in [5.74, 6) is 2.19. The summed E-state index contributed by atoms with van der Waals surface area (Å²) in [5, 5.41) is 10.1. The second-order valence-corrected chi connectivity index (χ2v) is 9.71. The predicted octanol–water partition coefficient (Wildman–Crippen LogP) is 2.89.